The summed E-state index contributed by atoms with van der Waals surface area (Å²) in [6, 6.07) is 16.0. The maximum absolute atomic E-state index is 12.5. The smallest absolute Gasteiger partial charge is 0.230 e. The SMILES string of the molecule is Cc1ccc(-c2nnc(SCC(=O)NC3CCOc4ccccc43)n2C)cc1. The fraction of sp³-hybridized carbons (Fsp3) is 0.286. The average molecular weight is 395 g/mol. The number of aromatic nitrogens is 3. The Morgan fingerprint density at radius 3 is 2.82 bits per heavy atom. The molecule has 28 heavy (non-hydrogen) atoms. The number of carbonyl (C=O) groups is 1. The summed E-state index contributed by atoms with van der Waals surface area (Å²) < 4.78 is 7.58. The molecule has 1 aliphatic rings. The second kappa shape index (κ2) is 8.06. The molecule has 0 spiro atoms. The summed E-state index contributed by atoms with van der Waals surface area (Å²) in [7, 11) is 1.92. The molecule has 0 fully saturated rings. The van der Waals surface area contributed by atoms with Crippen LogP contribution in [0, 0.1) is 6.92 Å². The van der Waals surface area contributed by atoms with Crippen LogP contribution in [0.5, 0.6) is 5.75 Å². The van der Waals surface area contributed by atoms with Crippen LogP contribution in [0.1, 0.15) is 23.6 Å². The Bertz CT molecular complexity index is 984. The monoisotopic (exact) mass is 394 g/mol. The first-order valence-electron chi connectivity index (χ1n) is 9.22. The summed E-state index contributed by atoms with van der Waals surface area (Å²) in [5, 5.41) is 12.4. The van der Waals surface area contributed by atoms with E-state index in [-0.39, 0.29) is 11.9 Å². The van der Waals surface area contributed by atoms with E-state index in [1.165, 1.54) is 17.3 Å². The first-order chi connectivity index (χ1) is 13.6. The minimum absolute atomic E-state index is 0.0133. The third kappa shape index (κ3) is 3.89. The summed E-state index contributed by atoms with van der Waals surface area (Å²) in [6.45, 7) is 2.66. The van der Waals surface area contributed by atoms with E-state index in [2.05, 4.69) is 34.6 Å². The molecule has 2 aromatic carbocycles. The van der Waals surface area contributed by atoms with Crippen molar-refractivity contribution in [3.8, 4) is 17.1 Å². The highest BCUT2D eigenvalue weighted by Crippen LogP contribution is 2.31. The van der Waals surface area contributed by atoms with Crippen molar-refractivity contribution in [2.75, 3.05) is 12.4 Å². The van der Waals surface area contributed by atoms with Gasteiger partial charge in [-0.2, -0.15) is 0 Å². The number of nitrogens with one attached hydrogen (secondary N) is 1. The largest absolute Gasteiger partial charge is 0.493 e. The number of hydrogen-bond donors (Lipinski definition) is 1. The third-order valence-electron chi connectivity index (χ3n) is 4.77. The maximum Gasteiger partial charge on any atom is 0.230 e. The van der Waals surface area contributed by atoms with Crippen LogP contribution in [-0.4, -0.2) is 33.0 Å². The lowest BCUT2D eigenvalue weighted by Crippen LogP contribution is -2.33. The molecule has 144 valence electrons. The molecule has 3 aromatic rings. The first-order valence-corrected chi connectivity index (χ1v) is 10.2. The van der Waals surface area contributed by atoms with Gasteiger partial charge in [0.1, 0.15) is 5.75 Å². The molecule has 2 heterocycles. The van der Waals surface area contributed by atoms with E-state index >= 15 is 0 Å². The molecule has 1 amide bonds. The van der Waals surface area contributed by atoms with Crippen LogP contribution in [0.15, 0.2) is 53.7 Å². The topological polar surface area (TPSA) is 69.0 Å². The van der Waals surface area contributed by atoms with Gasteiger partial charge < -0.3 is 14.6 Å². The van der Waals surface area contributed by atoms with Gasteiger partial charge in [0, 0.05) is 24.6 Å². The molecule has 0 radical (unpaired) electrons. The van der Waals surface area contributed by atoms with Crippen LogP contribution in [-0.2, 0) is 11.8 Å². The zero-order valence-electron chi connectivity index (χ0n) is 15.9. The van der Waals surface area contributed by atoms with Crippen LogP contribution < -0.4 is 10.1 Å². The number of hydrogen-bond acceptors (Lipinski definition) is 5. The van der Waals surface area contributed by atoms with Gasteiger partial charge in [0.2, 0.25) is 5.91 Å². The van der Waals surface area contributed by atoms with Crippen molar-refractivity contribution < 1.29 is 9.53 Å². The highest BCUT2D eigenvalue weighted by atomic mass is 32.2. The number of rotatable bonds is 5. The zero-order valence-corrected chi connectivity index (χ0v) is 16.7. The molecule has 1 aliphatic heterocycles. The summed E-state index contributed by atoms with van der Waals surface area (Å²) in [4.78, 5) is 12.5. The molecule has 0 saturated heterocycles. The minimum Gasteiger partial charge on any atom is -0.493 e. The summed E-state index contributed by atoms with van der Waals surface area (Å²) in [5.41, 5.74) is 3.25. The van der Waals surface area contributed by atoms with Gasteiger partial charge in [0.15, 0.2) is 11.0 Å². The Hall–Kier alpha value is -2.80. The van der Waals surface area contributed by atoms with Crippen molar-refractivity contribution >= 4 is 17.7 Å². The first kappa shape index (κ1) is 18.6. The van der Waals surface area contributed by atoms with Crippen molar-refractivity contribution in [2.45, 2.75) is 24.5 Å². The van der Waals surface area contributed by atoms with Gasteiger partial charge in [-0.1, -0.05) is 59.8 Å². The number of ether oxygens (including phenoxy) is 1. The average Bonchev–Trinajstić information content (AvgIpc) is 3.08. The molecule has 1 unspecified atom stereocenters. The predicted molar refractivity (Wildman–Crippen MR) is 109 cm³/mol. The Kier molecular flexibility index (Phi) is 5.34. The Labute approximate surface area is 168 Å². The molecule has 1 atom stereocenters. The molecule has 1 aromatic heterocycles. The Balaban J connectivity index is 1.39. The second-order valence-electron chi connectivity index (χ2n) is 6.81. The van der Waals surface area contributed by atoms with E-state index in [1.807, 2.05) is 48.0 Å². The second-order valence-corrected chi connectivity index (χ2v) is 7.76. The van der Waals surface area contributed by atoms with Gasteiger partial charge in [-0.15, -0.1) is 10.2 Å². The highest BCUT2D eigenvalue weighted by molar-refractivity contribution is 7.99. The van der Waals surface area contributed by atoms with Crippen LogP contribution in [0.2, 0.25) is 0 Å². The van der Waals surface area contributed by atoms with E-state index in [0.29, 0.717) is 12.4 Å². The van der Waals surface area contributed by atoms with Crippen LogP contribution in [0.25, 0.3) is 11.4 Å². The molecule has 7 heteroatoms. The summed E-state index contributed by atoms with van der Waals surface area (Å²) in [6.07, 6.45) is 0.773. The van der Waals surface area contributed by atoms with Gasteiger partial charge in [-0.3, -0.25) is 4.79 Å². The van der Waals surface area contributed by atoms with Gasteiger partial charge in [0.25, 0.3) is 0 Å². The molecule has 4 rings (SSSR count). The van der Waals surface area contributed by atoms with Crippen molar-refractivity contribution in [2.24, 2.45) is 7.05 Å². The molecule has 0 saturated carbocycles. The highest BCUT2D eigenvalue weighted by Gasteiger charge is 2.23. The number of aryl methyl sites for hydroxylation is 1. The molecular weight excluding hydrogens is 372 g/mol. The molecule has 6 nitrogen and oxygen atoms in total. The lowest BCUT2D eigenvalue weighted by molar-refractivity contribution is -0.119. The molecule has 1 N–H and O–H groups in total. The molecule has 0 bridgehead atoms. The quantitative estimate of drug-likeness (QED) is 0.671. The third-order valence-corrected chi connectivity index (χ3v) is 5.79. The van der Waals surface area contributed by atoms with Crippen LogP contribution in [0.4, 0.5) is 0 Å². The zero-order chi connectivity index (χ0) is 19.5. The number of fused-ring (bicyclic) bond motifs is 1. The van der Waals surface area contributed by atoms with Gasteiger partial charge in [0.05, 0.1) is 18.4 Å². The number of carbonyl (C=O) groups excluding carboxylic acids is 1. The van der Waals surface area contributed by atoms with Crippen LogP contribution >= 0.6 is 11.8 Å². The number of para-hydroxylation sites is 1. The van der Waals surface area contributed by atoms with Crippen molar-refractivity contribution in [3.05, 3.63) is 59.7 Å². The van der Waals surface area contributed by atoms with Gasteiger partial charge in [-0.25, -0.2) is 0 Å². The Morgan fingerprint density at radius 1 is 1.21 bits per heavy atom. The molecular formula is C21H22N4O2S. The fourth-order valence-corrected chi connectivity index (χ4v) is 3.97. The van der Waals surface area contributed by atoms with Crippen molar-refractivity contribution in [1.82, 2.24) is 20.1 Å². The summed E-state index contributed by atoms with van der Waals surface area (Å²) in [5.74, 6) is 1.91. The lowest BCUT2D eigenvalue weighted by atomic mass is 10.0. The standard InChI is InChI=1S/C21H22N4O2S/c1-14-7-9-15(10-8-14)20-23-24-21(25(20)2)28-13-19(26)22-17-11-12-27-18-6-4-3-5-16(17)18/h3-10,17H,11-13H2,1-2H3,(H,22,26). The molecule has 0 aliphatic carbocycles. The van der Waals surface area contributed by atoms with E-state index in [4.69, 9.17) is 4.74 Å². The van der Waals surface area contributed by atoms with Gasteiger partial charge >= 0.3 is 0 Å². The number of amides is 1. The maximum atomic E-state index is 12.5. The van der Waals surface area contributed by atoms with E-state index < -0.39 is 0 Å². The van der Waals surface area contributed by atoms with Crippen molar-refractivity contribution in [1.29, 1.82) is 0 Å². The number of nitrogens with zero attached hydrogens (tertiary/aromatic N) is 3. The van der Waals surface area contributed by atoms with Gasteiger partial charge in [-0.05, 0) is 13.0 Å². The van der Waals surface area contributed by atoms with E-state index in [9.17, 15) is 4.79 Å². The summed E-state index contributed by atoms with van der Waals surface area (Å²) >= 11 is 1.39. The fourth-order valence-electron chi connectivity index (χ4n) is 3.25. The normalized spacial score (nSPS) is 15.6. The number of thioether (sulfide) groups is 1. The Morgan fingerprint density at radius 2 is 2.00 bits per heavy atom. The van der Waals surface area contributed by atoms with Crippen LogP contribution in [0.3, 0.4) is 0 Å². The minimum atomic E-state index is -0.0217. The lowest BCUT2D eigenvalue weighted by Gasteiger charge is -2.26. The van der Waals surface area contributed by atoms with E-state index in [1.54, 1.807) is 0 Å². The van der Waals surface area contributed by atoms with E-state index in [0.717, 1.165) is 34.3 Å². The van der Waals surface area contributed by atoms with Crippen molar-refractivity contribution in [3.63, 3.8) is 0 Å². The number of benzene rings is 2. The predicted octanol–water partition coefficient (Wildman–Crippen LogP) is 3.52.